The molecule has 28 heavy (non-hydrogen) atoms. The van der Waals surface area contributed by atoms with Gasteiger partial charge in [0.25, 0.3) is 0 Å². The number of nitrogens with one attached hydrogen (secondary N) is 1. The van der Waals surface area contributed by atoms with Crippen molar-refractivity contribution in [3.63, 3.8) is 0 Å². The number of thioether (sulfide) groups is 1. The SMILES string of the molecule is CCCC(=O)OCC1=CS[C@@H]2[C@H](NC(=O)OC)C(=O)N2[C@H]1C(=O)OC(C)(C)C. The van der Waals surface area contributed by atoms with Gasteiger partial charge in [-0.15, -0.1) is 11.8 Å². The van der Waals surface area contributed by atoms with E-state index in [1.165, 1.54) is 23.8 Å². The number of methoxy groups -OCH3 is 1. The summed E-state index contributed by atoms with van der Waals surface area (Å²) in [7, 11) is 1.20. The Morgan fingerprint density at radius 1 is 1.29 bits per heavy atom. The first-order valence-electron chi connectivity index (χ1n) is 8.98. The summed E-state index contributed by atoms with van der Waals surface area (Å²) >= 11 is 1.26. The zero-order chi connectivity index (χ0) is 21.1. The van der Waals surface area contributed by atoms with Crippen LogP contribution in [0.25, 0.3) is 0 Å². The van der Waals surface area contributed by atoms with E-state index in [1.54, 1.807) is 26.2 Å². The Hall–Kier alpha value is -2.23. The summed E-state index contributed by atoms with van der Waals surface area (Å²) in [6, 6.07) is -1.81. The van der Waals surface area contributed by atoms with Gasteiger partial charge in [0.2, 0.25) is 5.91 Å². The van der Waals surface area contributed by atoms with Gasteiger partial charge in [0, 0.05) is 12.0 Å². The fourth-order valence-corrected chi connectivity index (χ4v) is 4.01. The molecule has 0 bridgehead atoms. The normalized spacial score (nSPS) is 23.8. The van der Waals surface area contributed by atoms with E-state index in [1.807, 2.05) is 6.92 Å². The summed E-state index contributed by atoms with van der Waals surface area (Å²) < 4.78 is 15.2. The molecular formula is C18H26N2O7S. The molecule has 156 valence electrons. The number of carbonyl (C=O) groups excluding carboxylic acids is 4. The molecule has 2 heterocycles. The van der Waals surface area contributed by atoms with Crippen LogP contribution in [0.4, 0.5) is 4.79 Å². The molecule has 1 saturated heterocycles. The lowest BCUT2D eigenvalue weighted by Crippen LogP contribution is -2.74. The topological polar surface area (TPSA) is 111 Å². The predicted octanol–water partition coefficient (Wildman–Crippen LogP) is 1.56. The van der Waals surface area contributed by atoms with Crippen molar-refractivity contribution < 1.29 is 33.4 Å². The molecule has 0 unspecified atom stereocenters. The molecule has 2 rings (SSSR count). The van der Waals surface area contributed by atoms with Gasteiger partial charge >= 0.3 is 18.0 Å². The lowest BCUT2D eigenvalue weighted by atomic mass is 9.98. The second-order valence-corrected chi connectivity index (χ2v) is 8.42. The zero-order valence-electron chi connectivity index (χ0n) is 16.6. The van der Waals surface area contributed by atoms with E-state index >= 15 is 0 Å². The van der Waals surface area contributed by atoms with Crippen molar-refractivity contribution in [2.45, 2.75) is 63.6 Å². The van der Waals surface area contributed by atoms with Gasteiger partial charge in [-0.05, 0) is 32.6 Å². The van der Waals surface area contributed by atoms with Gasteiger partial charge < -0.3 is 24.4 Å². The largest absolute Gasteiger partial charge is 0.461 e. The van der Waals surface area contributed by atoms with Crippen molar-refractivity contribution in [2.75, 3.05) is 13.7 Å². The Morgan fingerprint density at radius 2 is 1.96 bits per heavy atom. The fourth-order valence-electron chi connectivity index (χ4n) is 2.80. The number of hydrogen-bond donors (Lipinski definition) is 1. The molecule has 1 N–H and O–H groups in total. The fraction of sp³-hybridized carbons (Fsp3) is 0.667. The number of β-lactam (4-membered cyclic amide) rings is 1. The average Bonchev–Trinajstić information content (AvgIpc) is 2.61. The monoisotopic (exact) mass is 414 g/mol. The first-order chi connectivity index (χ1) is 13.1. The predicted molar refractivity (Wildman–Crippen MR) is 101 cm³/mol. The van der Waals surface area contributed by atoms with Crippen molar-refractivity contribution >= 4 is 35.7 Å². The molecule has 3 atom stereocenters. The Morgan fingerprint density at radius 3 is 2.54 bits per heavy atom. The summed E-state index contributed by atoms with van der Waals surface area (Å²) in [5, 5.41) is 3.68. The lowest BCUT2D eigenvalue weighted by molar-refractivity contribution is -0.170. The van der Waals surface area contributed by atoms with Crippen LogP contribution in [-0.2, 0) is 28.6 Å². The number of alkyl carbamates (subject to hydrolysis) is 1. The molecule has 0 aromatic heterocycles. The van der Waals surface area contributed by atoms with Crippen molar-refractivity contribution in [3.8, 4) is 0 Å². The molecule has 1 fully saturated rings. The molecule has 0 aromatic carbocycles. The standard InChI is InChI=1S/C18H26N2O7S/c1-6-7-11(21)26-8-10-9-28-15-12(19-17(24)25-5)14(22)20(15)13(10)16(23)27-18(2,3)4/h9,12-13,15H,6-8H2,1-5H3,(H,19,24)/t12-,13-,15-/m1/s1. The highest BCUT2D eigenvalue weighted by Crippen LogP contribution is 2.40. The molecule has 2 amide bonds. The molecule has 0 saturated carbocycles. The smallest absolute Gasteiger partial charge is 0.407 e. The van der Waals surface area contributed by atoms with Crippen LogP contribution in [0.15, 0.2) is 11.0 Å². The minimum atomic E-state index is -1.01. The molecule has 0 aromatic rings. The van der Waals surface area contributed by atoms with Gasteiger partial charge in [-0.2, -0.15) is 0 Å². The highest BCUT2D eigenvalue weighted by Gasteiger charge is 2.56. The van der Waals surface area contributed by atoms with E-state index < -0.39 is 41.0 Å². The molecule has 2 aliphatic heterocycles. The van der Waals surface area contributed by atoms with Crippen molar-refractivity contribution in [1.82, 2.24) is 10.2 Å². The number of carbonyl (C=O) groups is 4. The Bertz CT molecular complexity index is 686. The van der Waals surface area contributed by atoms with Crippen LogP contribution >= 0.6 is 11.8 Å². The molecule has 0 radical (unpaired) electrons. The number of fused-ring (bicyclic) bond motifs is 1. The van der Waals surface area contributed by atoms with E-state index in [-0.39, 0.29) is 19.0 Å². The van der Waals surface area contributed by atoms with Gasteiger partial charge in [-0.1, -0.05) is 6.92 Å². The van der Waals surface area contributed by atoms with Gasteiger partial charge in [-0.3, -0.25) is 9.59 Å². The number of esters is 2. The van der Waals surface area contributed by atoms with Crippen molar-refractivity contribution in [1.29, 1.82) is 0 Å². The first kappa shape index (κ1) is 22.1. The quantitative estimate of drug-likeness (QED) is 0.396. The first-order valence-corrected chi connectivity index (χ1v) is 9.93. The Balaban J connectivity index is 2.20. The van der Waals surface area contributed by atoms with Crippen LogP contribution in [0.5, 0.6) is 0 Å². The number of nitrogens with zero attached hydrogens (tertiary/aromatic N) is 1. The molecule has 2 aliphatic rings. The third-order valence-electron chi connectivity index (χ3n) is 4.01. The van der Waals surface area contributed by atoms with Crippen LogP contribution < -0.4 is 5.32 Å². The highest BCUT2D eigenvalue weighted by atomic mass is 32.2. The van der Waals surface area contributed by atoms with Crippen molar-refractivity contribution in [3.05, 3.63) is 11.0 Å². The van der Waals surface area contributed by atoms with Crippen LogP contribution in [0.2, 0.25) is 0 Å². The van der Waals surface area contributed by atoms with E-state index in [4.69, 9.17) is 9.47 Å². The van der Waals surface area contributed by atoms with E-state index in [2.05, 4.69) is 10.1 Å². The summed E-state index contributed by atoms with van der Waals surface area (Å²) in [6.45, 7) is 6.93. The second kappa shape index (κ2) is 8.85. The summed E-state index contributed by atoms with van der Waals surface area (Å²) in [4.78, 5) is 49.9. The van der Waals surface area contributed by atoms with Gasteiger partial charge in [-0.25, -0.2) is 9.59 Å². The van der Waals surface area contributed by atoms with Crippen molar-refractivity contribution in [2.24, 2.45) is 0 Å². The number of rotatable bonds is 6. The maximum atomic E-state index is 12.8. The maximum Gasteiger partial charge on any atom is 0.407 e. The summed E-state index contributed by atoms with van der Waals surface area (Å²) in [5.74, 6) is -1.41. The number of hydrogen-bond acceptors (Lipinski definition) is 8. The van der Waals surface area contributed by atoms with E-state index in [0.717, 1.165) is 0 Å². The third kappa shape index (κ3) is 4.98. The molecule has 10 heteroatoms. The van der Waals surface area contributed by atoms with Crippen LogP contribution in [0.1, 0.15) is 40.5 Å². The molecule has 9 nitrogen and oxygen atoms in total. The Labute approximate surface area is 168 Å². The van der Waals surface area contributed by atoms with Gasteiger partial charge in [0.15, 0.2) is 6.04 Å². The molecular weight excluding hydrogens is 388 g/mol. The van der Waals surface area contributed by atoms with Crippen LogP contribution in [-0.4, -0.2) is 65.6 Å². The molecule has 0 aliphatic carbocycles. The Kier molecular flexibility index (Phi) is 6.97. The minimum Gasteiger partial charge on any atom is -0.461 e. The van der Waals surface area contributed by atoms with E-state index in [0.29, 0.717) is 12.0 Å². The van der Waals surface area contributed by atoms with E-state index in [9.17, 15) is 19.2 Å². The number of ether oxygens (including phenoxy) is 3. The molecule has 0 spiro atoms. The lowest BCUT2D eigenvalue weighted by Gasteiger charge is -2.51. The van der Waals surface area contributed by atoms with Crippen LogP contribution in [0, 0.1) is 0 Å². The van der Waals surface area contributed by atoms with Gasteiger partial charge in [0.1, 0.15) is 23.6 Å². The minimum absolute atomic E-state index is 0.110. The van der Waals surface area contributed by atoms with Crippen LogP contribution in [0.3, 0.4) is 0 Å². The third-order valence-corrected chi connectivity index (χ3v) is 5.23. The van der Waals surface area contributed by atoms with Gasteiger partial charge in [0.05, 0.1) is 7.11 Å². The highest BCUT2D eigenvalue weighted by molar-refractivity contribution is 8.02. The summed E-state index contributed by atoms with van der Waals surface area (Å²) in [5.41, 5.74) is -0.288. The second-order valence-electron chi connectivity index (χ2n) is 7.43. The average molecular weight is 414 g/mol. The summed E-state index contributed by atoms with van der Waals surface area (Å²) in [6.07, 6.45) is 0.194. The number of amides is 2. The maximum absolute atomic E-state index is 12.8. The zero-order valence-corrected chi connectivity index (χ0v) is 17.5.